The summed E-state index contributed by atoms with van der Waals surface area (Å²) < 4.78 is 24.7. The first-order valence-electron chi connectivity index (χ1n) is 6.09. The number of aromatic nitrogens is 1. The van der Waals surface area contributed by atoms with Gasteiger partial charge < -0.3 is 9.47 Å². The molecule has 0 atom stereocenters. The molecule has 20 heavy (non-hydrogen) atoms. The van der Waals surface area contributed by atoms with Crippen molar-refractivity contribution in [3.8, 4) is 0 Å². The molecule has 6 nitrogen and oxygen atoms in total. The van der Waals surface area contributed by atoms with Gasteiger partial charge in [0.15, 0.2) is 0 Å². The molecule has 0 aromatic carbocycles. The summed E-state index contributed by atoms with van der Waals surface area (Å²) in [7, 11) is 0.193. The topological polar surface area (TPSA) is 85.4 Å². The van der Waals surface area contributed by atoms with Crippen LogP contribution in [0.4, 0.5) is 0 Å². The zero-order valence-electron chi connectivity index (χ0n) is 11.4. The SMILES string of the molecule is CN(C)CCCn1ccc2cc(S(N)(=O)=O)sc2c1=O. The summed E-state index contributed by atoms with van der Waals surface area (Å²) >= 11 is 0.928. The number of thiophene rings is 1. The van der Waals surface area contributed by atoms with Crippen molar-refractivity contribution in [3.05, 3.63) is 28.7 Å². The van der Waals surface area contributed by atoms with Crippen LogP contribution in [-0.2, 0) is 16.6 Å². The molecule has 110 valence electrons. The van der Waals surface area contributed by atoms with Gasteiger partial charge in [0.1, 0.15) is 8.91 Å². The van der Waals surface area contributed by atoms with E-state index in [4.69, 9.17) is 5.14 Å². The average molecular weight is 315 g/mol. The molecule has 0 fully saturated rings. The second-order valence-electron chi connectivity index (χ2n) is 4.87. The molecule has 2 aromatic rings. The lowest BCUT2D eigenvalue weighted by Gasteiger charge is -2.10. The van der Waals surface area contributed by atoms with Gasteiger partial charge in [0.2, 0.25) is 10.0 Å². The molecule has 2 rings (SSSR count). The van der Waals surface area contributed by atoms with Gasteiger partial charge in [-0.3, -0.25) is 4.79 Å². The maximum Gasteiger partial charge on any atom is 0.268 e. The first-order valence-corrected chi connectivity index (χ1v) is 8.46. The highest BCUT2D eigenvalue weighted by atomic mass is 32.2. The summed E-state index contributed by atoms with van der Waals surface area (Å²) in [5.41, 5.74) is -0.166. The highest BCUT2D eigenvalue weighted by Gasteiger charge is 2.14. The summed E-state index contributed by atoms with van der Waals surface area (Å²) in [6.07, 6.45) is 2.55. The zero-order chi connectivity index (χ0) is 14.9. The molecule has 0 saturated heterocycles. The van der Waals surface area contributed by atoms with E-state index in [-0.39, 0.29) is 9.77 Å². The van der Waals surface area contributed by atoms with E-state index in [9.17, 15) is 13.2 Å². The van der Waals surface area contributed by atoms with Crippen LogP contribution in [0.1, 0.15) is 6.42 Å². The minimum Gasteiger partial charge on any atom is -0.314 e. The normalized spacial score (nSPS) is 12.4. The molecule has 0 amide bonds. The minimum absolute atomic E-state index is 0.0237. The maximum absolute atomic E-state index is 12.3. The van der Waals surface area contributed by atoms with Gasteiger partial charge in [-0.25, -0.2) is 13.6 Å². The van der Waals surface area contributed by atoms with E-state index in [0.717, 1.165) is 24.3 Å². The number of primary sulfonamides is 1. The van der Waals surface area contributed by atoms with Gasteiger partial charge in [0, 0.05) is 18.1 Å². The molecule has 0 aliphatic heterocycles. The van der Waals surface area contributed by atoms with E-state index >= 15 is 0 Å². The molecule has 0 unspecified atom stereocenters. The van der Waals surface area contributed by atoms with Gasteiger partial charge in [0.25, 0.3) is 5.56 Å². The van der Waals surface area contributed by atoms with Crippen LogP contribution in [0.2, 0.25) is 0 Å². The Labute approximate surface area is 121 Å². The lowest BCUT2D eigenvalue weighted by atomic mass is 10.3. The Morgan fingerprint density at radius 3 is 2.70 bits per heavy atom. The molecule has 0 radical (unpaired) electrons. The largest absolute Gasteiger partial charge is 0.314 e. The standard InChI is InChI=1S/C12H17N3O3S2/c1-14(2)5-3-6-15-7-4-9-8-10(20(13,17)18)19-11(9)12(15)16/h4,7-8H,3,5-6H2,1-2H3,(H2,13,17,18). The predicted molar refractivity (Wildman–Crippen MR) is 80.6 cm³/mol. The first kappa shape index (κ1) is 15.2. The van der Waals surface area contributed by atoms with Gasteiger partial charge in [0.05, 0.1) is 0 Å². The molecule has 8 heteroatoms. The van der Waals surface area contributed by atoms with Crippen molar-refractivity contribution in [2.75, 3.05) is 20.6 Å². The molecular formula is C12H17N3O3S2. The molecular weight excluding hydrogens is 298 g/mol. The van der Waals surface area contributed by atoms with Crippen molar-refractivity contribution in [2.24, 2.45) is 5.14 Å². The number of hydrogen-bond donors (Lipinski definition) is 1. The lowest BCUT2D eigenvalue weighted by Crippen LogP contribution is -2.21. The molecule has 0 aliphatic rings. The number of nitrogens with zero attached hydrogens (tertiary/aromatic N) is 2. The maximum atomic E-state index is 12.3. The van der Waals surface area contributed by atoms with Crippen LogP contribution < -0.4 is 10.7 Å². The van der Waals surface area contributed by atoms with Crippen LogP contribution in [-0.4, -0.2) is 38.5 Å². The van der Waals surface area contributed by atoms with Gasteiger partial charge in [-0.2, -0.15) is 0 Å². The van der Waals surface area contributed by atoms with Gasteiger partial charge in [-0.1, -0.05) is 0 Å². The van der Waals surface area contributed by atoms with E-state index in [2.05, 4.69) is 0 Å². The number of sulfonamides is 1. The number of pyridine rings is 1. The third-order valence-corrected chi connectivity index (χ3v) is 5.47. The molecule has 2 N–H and O–H groups in total. The Morgan fingerprint density at radius 1 is 1.40 bits per heavy atom. The summed E-state index contributed by atoms with van der Waals surface area (Å²) in [5, 5.41) is 5.71. The van der Waals surface area contributed by atoms with Crippen LogP contribution in [0, 0.1) is 0 Å². The van der Waals surface area contributed by atoms with Crippen molar-refractivity contribution in [3.63, 3.8) is 0 Å². The molecule has 2 heterocycles. The molecule has 0 bridgehead atoms. The number of fused-ring (bicyclic) bond motifs is 1. The minimum atomic E-state index is -3.76. The van der Waals surface area contributed by atoms with Crippen LogP contribution >= 0.6 is 11.3 Å². The summed E-state index contributed by atoms with van der Waals surface area (Å²) in [6, 6.07) is 3.19. The Morgan fingerprint density at radius 2 is 2.10 bits per heavy atom. The second-order valence-corrected chi connectivity index (χ2v) is 7.71. The highest BCUT2D eigenvalue weighted by Crippen LogP contribution is 2.25. The third-order valence-electron chi connectivity index (χ3n) is 2.91. The molecule has 0 spiro atoms. The monoisotopic (exact) mass is 315 g/mol. The quantitative estimate of drug-likeness (QED) is 0.878. The van der Waals surface area contributed by atoms with Crippen LogP contribution in [0.25, 0.3) is 10.1 Å². The fraction of sp³-hybridized carbons (Fsp3) is 0.417. The highest BCUT2D eigenvalue weighted by molar-refractivity contribution is 7.91. The lowest BCUT2D eigenvalue weighted by molar-refractivity contribution is 0.385. The second kappa shape index (κ2) is 5.65. The summed E-state index contributed by atoms with van der Waals surface area (Å²) in [5.74, 6) is 0. The van der Waals surface area contributed by atoms with Crippen LogP contribution in [0.15, 0.2) is 27.3 Å². The first-order chi connectivity index (χ1) is 9.29. The van der Waals surface area contributed by atoms with E-state index in [1.165, 1.54) is 6.07 Å². The van der Waals surface area contributed by atoms with Crippen molar-refractivity contribution in [1.29, 1.82) is 0 Å². The van der Waals surface area contributed by atoms with Crippen molar-refractivity contribution in [2.45, 2.75) is 17.2 Å². The van der Waals surface area contributed by atoms with Crippen molar-refractivity contribution in [1.82, 2.24) is 9.47 Å². The summed E-state index contributed by atoms with van der Waals surface area (Å²) in [4.78, 5) is 14.3. The van der Waals surface area contributed by atoms with Gasteiger partial charge in [-0.05, 0) is 39.2 Å². The van der Waals surface area contributed by atoms with Crippen molar-refractivity contribution >= 4 is 31.4 Å². The van der Waals surface area contributed by atoms with Gasteiger partial charge in [-0.15, -0.1) is 11.3 Å². The zero-order valence-corrected chi connectivity index (χ0v) is 13.0. The Kier molecular flexibility index (Phi) is 4.28. The van der Waals surface area contributed by atoms with Crippen LogP contribution in [0.5, 0.6) is 0 Å². The fourth-order valence-corrected chi connectivity index (χ4v) is 3.76. The average Bonchev–Trinajstić information content (AvgIpc) is 2.76. The van der Waals surface area contributed by atoms with Gasteiger partial charge >= 0.3 is 0 Å². The van der Waals surface area contributed by atoms with E-state index in [1.54, 1.807) is 16.8 Å². The number of nitrogens with two attached hydrogens (primary N) is 1. The van der Waals surface area contributed by atoms with E-state index < -0.39 is 10.0 Å². The smallest absolute Gasteiger partial charge is 0.268 e. The third kappa shape index (κ3) is 3.26. The summed E-state index contributed by atoms with van der Waals surface area (Å²) in [6.45, 7) is 1.49. The molecule has 0 aliphatic carbocycles. The number of hydrogen-bond acceptors (Lipinski definition) is 5. The Balaban J connectivity index is 2.36. The van der Waals surface area contributed by atoms with Crippen LogP contribution in [0.3, 0.4) is 0 Å². The number of aryl methyl sites for hydroxylation is 1. The van der Waals surface area contributed by atoms with E-state index in [0.29, 0.717) is 16.6 Å². The molecule has 0 saturated carbocycles. The molecule has 2 aromatic heterocycles. The predicted octanol–water partition coefficient (Wildman–Crippen LogP) is 0.662. The van der Waals surface area contributed by atoms with Crippen molar-refractivity contribution < 1.29 is 8.42 Å². The number of rotatable bonds is 5. The Bertz CT molecular complexity index is 775. The Hall–Kier alpha value is -1.22. The fourth-order valence-electron chi connectivity index (χ4n) is 1.91. The van der Waals surface area contributed by atoms with E-state index in [1.807, 2.05) is 19.0 Å².